The van der Waals surface area contributed by atoms with Gasteiger partial charge in [-0.1, -0.05) is 12.1 Å². The molecule has 1 heterocycles. The second-order valence-corrected chi connectivity index (χ2v) is 7.53. The Bertz CT molecular complexity index is 752. The average molecular weight is 388 g/mol. The summed E-state index contributed by atoms with van der Waals surface area (Å²) in [6.07, 6.45) is 0. The van der Waals surface area contributed by atoms with E-state index in [-0.39, 0.29) is 12.1 Å². The van der Waals surface area contributed by atoms with Crippen LogP contribution in [0.2, 0.25) is 0 Å². The number of amides is 2. The van der Waals surface area contributed by atoms with Crippen molar-refractivity contribution in [1.82, 2.24) is 16.0 Å². The third-order valence-electron chi connectivity index (χ3n) is 3.78. The maximum atomic E-state index is 11.7. The fourth-order valence-corrected chi connectivity index (χ4v) is 3.23. The van der Waals surface area contributed by atoms with Gasteiger partial charge in [-0.2, -0.15) is 0 Å². The van der Waals surface area contributed by atoms with E-state index in [0.717, 1.165) is 30.3 Å². The predicted molar refractivity (Wildman–Crippen MR) is 114 cm³/mol. The molecular weight excluding hydrogens is 358 g/mol. The van der Waals surface area contributed by atoms with Crippen LogP contribution in [-0.4, -0.2) is 24.6 Å². The quantitative estimate of drug-likeness (QED) is 0.431. The first kappa shape index (κ1) is 20.8. The number of urea groups is 1. The summed E-state index contributed by atoms with van der Waals surface area (Å²) < 4.78 is 0. The second kappa shape index (κ2) is 10.6. The molecule has 4 N–H and O–H groups in total. The van der Waals surface area contributed by atoms with Gasteiger partial charge < -0.3 is 21.3 Å². The number of thiophene rings is 1. The third kappa shape index (κ3) is 7.30. The van der Waals surface area contributed by atoms with Gasteiger partial charge in [0.1, 0.15) is 0 Å². The average Bonchev–Trinajstić information content (AvgIpc) is 3.03. The summed E-state index contributed by atoms with van der Waals surface area (Å²) in [7, 11) is 0. The molecule has 2 rings (SSSR count). The summed E-state index contributed by atoms with van der Waals surface area (Å²) in [6, 6.07) is 9.76. The highest BCUT2D eigenvalue weighted by molar-refractivity contribution is 7.10. The molecule has 1 aromatic carbocycles. The SMILES string of the molecule is CCNC(=NCc1ccc(NC(=O)NC(C)C)cc1)NCc1sccc1C. The molecule has 2 aromatic rings. The first-order valence-electron chi connectivity index (χ1n) is 9.19. The van der Waals surface area contributed by atoms with Crippen molar-refractivity contribution in [3.05, 3.63) is 51.7 Å². The fraction of sp³-hybridized carbons (Fsp3) is 0.400. The first-order valence-corrected chi connectivity index (χ1v) is 10.1. The van der Waals surface area contributed by atoms with E-state index in [1.807, 2.05) is 38.1 Å². The highest BCUT2D eigenvalue weighted by atomic mass is 32.1. The molecule has 0 radical (unpaired) electrons. The van der Waals surface area contributed by atoms with Crippen LogP contribution in [-0.2, 0) is 13.1 Å². The number of rotatable bonds is 7. The molecule has 2 amide bonds. The van der Waals surface area contributed by atoms with Crippen LogP contribution in [0.5, 0.6) is 0 Å². The summed E-state index contributed by atoms with van der Waals surface area (Å²) in [6.45, 7) is 10.2. The molecule has 0 atom stereocenters. The molecule has 0 unspecified atom stereocenters. The highest BCUT2D eigenvalue weighted by Crippen LogP contribution is 2.15. The van der Waals surface area contributed by atoms with Gasteiger partial charge in [-0.25, -0.2) is 9.79 Å². The van der Waals surface area contributed by atoms with Crippen LogP contribution in [0.15, 0.2) is 40.7 Å². The Kier molecular flexibility index (Phi) is 8.13. The van der Waals surface area contributed by atoms with Crippen LogP contribution in [0.4, 0.5) is 10.5 Å². The molecule has 0 aliphatic rings. The maximum Gasteiger partial charge on any atom is 0.319 e. The Morgan fingerprint density at radius 1 is 1.15 bits per heavy atom. The molecule has 0 aliphatic carbocycles. The number of nitrogens with one attached hydrogen (secondary N) is 4. The molecule has 6 nitrogen and oxygen atoms in total. The second-order valence-electron chi connectivity index (χ2n) is 6.53. The van der Waals surface area contributed by atoms with Gasteiger partial charge in [0.15, 0.2) is 5.96 Å². The van der Waals surface area contributed by atoms with Crippen molar-refractivity contribution in [2.24, 2.45) is 4.99 Å². The number of anilines is 1. The lowest BCUT2D eigenvalue weighted by atomic mass is 10.2. The molecule has 0 spiro atoms. The zero-order valence-corrected chi connectivity index (χ0v) is 17.2. The highest BCUT2D eigenvalue weighted by Gasteiger charge is 2.04. The van der Waals surface area contributed by atoms with E-state index in [1.54, 1.807) is 11.3 Å². The smallest absolute Gasteiger partial charge is 0.319 e. The lowest BCUT2D eigenvalue weighted by Gasteiger charge is -2.12. The molecular formula is C20H29N5OS. The normalized spacial score (nSPS) is 11.4. The Morgan fingerprint density at radius 3 is 2.48 bits per heavy atom. The van der Waals surface area contributed by atoms with Gasteiger partial charge in [0.25, 0.3) is 0 Å². The summed E-state index contributed by atoms with van der Waals surface area (Å²) in [5.41, 5.74) is 3.14. The van der Waals surface area contributed by atoms with Gasteiger partial charge in [-0.05, 0) is 62.4 Å². The van der Waals surface area contributed by atoms with Crippen molar-refractivity contribution in [3.63, 3.8) is 0 Å². The first-order chi connectivity index (χ1) is 13.0. The molecule has 7 heteroatoms. The molecule has 0 bridgehead atoms. The van der Waals surface area contributed by atoms with Crippen molar-refractivity contribution < 1.29 is 4.79 Å². The summed E-state index contributed by atoms with van der Waals surface area (Å²) >= 11 is 1.75. The van der Waals surface area contributed by atoms with Crippen molar-refractivity contribution in [2.45, 2.75) is 46.8 Å². The standard InChI is InChI=1S/C20H29N5OS/c1-5-21-19(23-13-18-15(4)10-11-27-18)22-12-16-6-8-17(9-7-16)25-20(26)24-14(2)3/h6-11,14H,5,12-13H2,1-4H3,(H2,21,22,23)(H2,24,25,26). The minimum atomic E-state index is -0.196. The predicted octanol–water partition coefficient (Wildman–Crippen LogP) is 3.84. The lowest BCUT2D eigenvalue weighted by molar-refractivity contribution is 0.250. The van der Waals surface area contributed by atoms with Crippen LogP contribution in [0.3, 0.4) is 0 Å². The Morgan fingerprint density at radius 2 is 1.89 bits per heavy atom. The minimum absolute atomic E-state index is 0.105. The number of aliphatic imine (C=N–C) groups is 1. The van der Waals surface area contributed by atoms with E-state index in [2.05, 4.69) is 51.6 Å². The number of carbonyl (C=O) groups excluding carboxylic acids is 1. The van der Waals surface area contributed by atoms with Crippen molar-refractivity contribution >= 4 is 29.0 Å². The van der Waals surface area contributed by atoms with Crippen LogP contribution in [0, 0.1) is 6.92 Å². The van der Waals surface area contributed by atoms with Gasteiger partial charge in [-0.3, -0.25) is 0 Å². The van der Waals surface area contributed by atoms with E-state index in [1.165, 1.54) is 10.4 Å². The summed E-state index contributed by atoms with van der Waals surface area (Å²) in [4.78, 5) is 17.7. The lowest BCUT2D eigenvalue weighted by Crippen LogP contribution is -2.36. The Balaban J connectivity index is 1.90. The number of carbonyl (C=O) groups is 1. The maximum absolute atomic E-state index is 11.7. The van der Waals surface area contributed by atoms with Gasteiger partial charge in [0, 0.05) is 23.2 Å². The number of nitrogens with zero attached hydrogens (tertiary/aromatic N) is 1. The monoisotopic (exact) mass is 387 g/mol. The summed E-state index contributed by atoms with van der Waals surface area (Å²) in [5.74, 6) is 0.795. The fourth-order valence-electron chi connectivity index (χ4n) is 2.38. The van der Waals surface area contributed by atoms with Gasteiger partial charge in [0.05, 0.1) is 13.1 Å². The number of hydrogen-bond acceptors (Lipinski definition) is 3. The van der Waals surface area contributed by atoms with E-state index in [9.17, 15) is 4.79 Å². The van der Waals surface area contributed by atoms with Crippen LogP contribution >= 0.6 is 11.3 Å². The van der Waals surface area contributed by atoms with Gasteiger partial charge >= 0.3 is 6.03 Å². The van der Waals surface area contributed by atoms with E-state index < -0.39 is 0 Å². The molecule has 0 saturated carbocycles. The van der Waals surface area contributed by atoms with Gasteiger partial charge in [-0.15, -0.1) is 11.3 Å². The van der Waals surface area contributed by atoms with Crippen LogP contribution in [0.25, 0.3) is 0 Å². The van der Waals surface area contributed by atoms with Crippen molar-refractivity contribution in [2.75, 3.05) is 11.9 Å². The van der Waals surface area contributed by atoms with Crippen LogP contribution < -0.4 is 21.3 Å². The Labute approximate surface area is 165 Å². The molecule has 27 heavy (non-hydrogen) atoms. The van der Waals surface area contributed by atoms with E-state index >= 15 is 0 Å². The number of guanidine groups is 1. The molecule has 0 aliphatic heterocycles. The van der Waals surface area contributed by atoms with E-state index in [4.69, 9.17) is 0 Å². The van der Waals surface area contributed by atoms with Crippen molar-refractivity contribution in [1.29, 1.82) is 0 Å². The van der Waals surface area contributed by atoms with E-state index in [0.29, 0.717) is 6.54 Å². The molecule has 146 valence electrons. The van der Waals surface area contributed by atoms with Crippen molar-refractivity contribution in [3.8, 4) is 0 Å². The number of benzene rings is 1. The van der Waals surface area contributed by atoms with Gasteiger partial charge in [0.2, 0.25) is 0 Å². The largest absolute Gasteiger partial charge is 0.357 e. The van der Waals surface area contributed by atoms with Crippen LogP contribution in [0.1, 0.15) is 36.8 Å². The summed E-state index contributed by atoms with van der Waals surface area (Å²) in [5, 5.41) is 14.4. The Hall–Kier alpha value is -2.54. The third-order valence-corrected chi connectivity index (χ3v) is 4.80. The zero-order chi connectivity index (χ0) is 19.6. The molecule has 0 fully saturated rings. The molecule has 1 aromatic heterocycles. The topological polar surface area (TPSA) is 77.5 Å². The molecule has 0 saturated heterocycles. The number of hydrogen-bond donors (Lipinski definition) is 4. The number of aryl methyl sites for hydroxylation is 1. The minimum Gasteiger partial charge on any atom is -0.357 e. The zero-order valence-electron chi connectivity index (χ0n) is 16.4.